The second-order valence-corrected chi connectivity index (χ2v) is 6.73. The number of benzene rings is 2. The molecule has 0 saturated carbocycles. The van der Waals surface area contributed by atoms with E-state index in [1.165, 1.54) is 5.56 Å². The fourth-order valence-electron chi connectivity index (χ4n) is 2.51. The molecule has 1 N–H and O–H groups in total. The third-order valence-corrected chi connectivity index (χ3v) is 4.18. The molecule has 0 aliphatic heterocycles. The summed E-state index contributed by atoms with van der Waals surface area (Å²) in [6.45, 7) is 7.70. The Kier molecular flexibility index (Phi) is 8.14. The van der Waals surface area contributed by atoms with E-state index in [0.29, 0.717) is 25.7 Å². The van der Waals surface area contributed by atoms with Crippen LogP contribution >= 0.6 is 0 Å². The van der Waals surface area contributed by atoms with Gasteiger partial charge in [-0.25, -0.2) is 0 Å². The molecular formula is C22H29NO4. The van der Waals surface area contributed by atoms with E-state index in [1.807, 2.05) is 43.3 Å². The summed E-state index contributed by atoms with van der Waals surface area (Å²) in [6.07, 6.45) is 0. The molecule has 0 unspecified atom stereocenters. The van der Waals surface area contributed by atoms with Crippen molar-refractivity contribution in [3.05, 3.63) is 59.2 Å². The van der Waals surface area contributed by atoms with Crippen molar-refractivity contribution >= 4 is 5.91 Å². The number of hydrogen-bond acceptors (Lipinski definition) is 4. The number of rotatable bonds is 10. The van der Waals surface area contributed by atoms with Gasteiger partial charge in [-0.3, -0.25) is 4.79 Å². The first-order valence-corrected chi connectivity index (χ1v) is 9.20. The van der Waals surface area contributed by atoms with Gasteiger partial charge in [0.1, 0.15) is 18.1 Å². The molecule has 2 aromatic rings. The van der Waals surface area contributed by atoms with Gasteiger partial charge >= 0.3 is 0 Å². The minimum absolute atomic E-state index is 0.00752. The van der Waals surface area contributed by atoms with Crippen LogP contribution in [0.2, 0.25) is 0 Å². The molecule has 0 fully saturated rings. The Morgan fingerprint density at radius 1 is 1.07 bits per heavy atom. The number of carbonyl (C=O) groups excluding carboxylic acids is 1. The number of nitrogens with one attached hydrogen (secondary N) is 1. The van der Waals surface area contributed by atoms with Gasteiger partial charge in [-0.2, -0.15) is 0 Å². The Morgan fingerprint density at radius 3 is 2.63 bits per heavy atom. The number of aryl methyl sites for hydroxylation is 1. The van der Waals surface area contributed by atoms with Crippen LogP contribution < -0.4 is 14.8 Å². The molecule has 0 aliphatic rings. The summed E-state index contributed by atoms with van der Waals surface area (Å²) in [5.41, 5.74) is 3.19. The largest absolute Gasteiger partial charge is 0.491 e. The molecule has 2 rings (SSSR count). The molecule has 27 heavy (non-hydrogen) atoms. The van der Waals surface area contributed by atoms with Crippen molar-refractivity contribution in [2.24, 2.45) is 0 Å². The summed E-state index contributed by atoms with van der Waals surface area (Å²) in [6, 6.07) is 13.8. The maximum Gasteiger partial charge on any atom is 0.258 e. The number of ether oxygens (including phenoxy) is 3. The Hall–Kier alpha value is -2.53. The van der Waals surface area contributed by atoms with Gasteiger partial charge in [0.2, 0.25) is 0 Å². The van der Waals surface area contributed by atoms with Gasteiger partial charge in [-0.1, -0.05) is 38.1 Å². The van der Waals surface area contributed by atoms with Gasteiger partial charge in [-0.15, -0.1) is 0 Å². The predicted octanol–water partition coefficient (Wildman–Crippen LogP) is 3.84. The highest BCUT2D eigenvalue weighted by molar-refractivity contribution is 5.77. The molecule has 5 heteroatoms. The molecule has 0 aliphatic carbocycles. The fourth-order valence-corrected chi connectivity index (χ4v) is 2.51. The van der Waals surface area contributed by atoms with E-state index < -0.39 is 0 Å². The first-order valence-electron chi connectivity index (χ1n) is 9.20. The van der Waals surface area contributed by atoms with E-state index in [4.69, 9.17) is 14.2 Å². The molecule has 1 amide bonds. The molecule has 0 atom stereocenters. The van der Waals surface area contributed by atoms with Crippen LogP contribution in [0.15, 0.2) is 42.5 Å². The topological polar surface area (TPSA) is 56.8 Å². The summed E-state index contributed by atoms with van der Waals surface area (Å²) in [7, 11) is 1.64. The molecule has 0 heterocycles. The van der Waals surface area contributed by atoms with E-state index >= 15 is 0 Å². The zero-order valence-corrected chi connectivity index (χ0v) is 16.6. The van der Waals surface area contributed by atoms with Gasteiger partial charge in [0.15, 0.2) is 6.61 Å². The van der Waals surface area contributed by atoms with Crippen molar-refractivity contribution in [2.45, 2.75) is 33.2 Å². The number of amides is 1. The smallest absolute Gasteiger partial charge is 0.258 e. The Morgan fingerprint density at radius 2 is 1.89 bits per heavy atom. The van der Waals surface area contributed by atoms with E-state index in [2.05, 4.69) is 25.2 Å². The van der Waals surface area contributed by atoms with Gasteiger partial charge < -0.3 is 19.5 Å². The molecule has 146 valence electrons. The second kappa shape index (κ2) is 10.6. The first kappa shape index (κ1) is 20.8. The van der Waals surface area contributed by atoms with E-state index in [1.54, 1.807) is 7.11 Å². The van der Waals surface area contributed by atoms with Crippen molar-refractivity contribution in [2.75, 3.05) is 26.9 Å². The van der Waals surface area contributed by atoms with Crippen molar-refractivity contribution < 1.29 is 19.0 Å². The molecule has 0 spiro atoms. The Labute approximate surface area is 161 Å². The summed E-state index contributed by atoms with van der Waals surface area (Å²) < 4.78 is 16.3. The van der Waals surface area contributed by atoms with Crippen LogP contribution in [0.3, 0.4) is 0 Å². The summed E-state index contributed by atoms with van der Waals surface area (Å²) in [5, 5.41) is 2.88. The van der Waals surface area contributed by atoms with Crippen molar-refractivity contribution in [1.82, 2.24) is 5.32 Å². The van der Waals surface area contributed by atoms with Crippen LogP contribution in [-0.4, -0.2) is 32.8 Å². The van der Waals surface area contributed by atoms with Crippen molar-refractivity contribution in [1.29, 1.82) is 0 Å². The van der Waals surface area contributed by atoms with Crippen LogP contribution in [0, 0.1) is 6.92 Å². The van der Waals surface area contributed by atoms with Crippen molar-refractivity contribution in [3.63, 3.8) is 0 Å². The third-order valence-electron chi connectivity index (χ3n) is 4.18. The lowest BCUT2D eigenvalue weighted by molar-refractivity contribution is -0.123. The van der Waals surface area contributed by atoms with Crippen LogP contribution in [0.25, 0.3) is 0 Å². The minimum Gasteiger partial charge on any atom is -0.491 e. The summed E-state index contributed by atoms with van der Waals surface area (Å²) in [4.78, 5) is 12.1. The highest BCUT2D eigenvalue weighted by atomic mass is 16.5. The lowest BCUT2D eigenvalue weighted by Crippen LogP contribution is -2.28. The standard InChI is InChI=1S/C22H29NO4/c1-16(2)19-9-8-17(3)21(13-19)27-15-22(24)23-14-18-6-5-7-20(12-18)26-11-10-25-4/h5-9,12-13,16H,10-11,14-15H2,1-4H3,(H,23,24). The lowest BCUT2D eigenvalue weighted by Gasteiger charge is -2.13. The maximum atomic E-state index is 12.1. The lowest BCUT2D eigenvalue weighted by atomic mass is 10.0. The van der Waals surface area contributed by atoms with Crippen LogP contribution in [0.5, 0.6) is 11.5 Å². The molecule has 0 bridgehead atoms. The van der Waals surface area contributed by atoms with Gasteiger partial charge in [-0.05, 0) is 47.7 Å². The van der Waals surface area contributed by atoms with Crippen LogP contribution in [0.1, 0.15) is 36.5 Å². The number of methoxy groups -OCH3 is 1. The quantitative estimate of drug-likeness (QED) is 0.645. The van der Waals surface area contributed by atoms with E-state index in [9.17, 15) is 4.79 Å². The number of hydrogen-bond donors (Lipinski definition) is 1. The monoisotopic (exact) mass is 371 g/mol. The first-order chi connectivity index (χ1) is 13.0. The zero-order chi connectivity index (χ0) is 19.6. The van der Waals surface area contributed by atoms with Crippen molar-refractivity contribution in [3.8, 4) is 11.5 Å². The second-order valence-electron chi connectivity index (χ2n) is 6.73. The minimum atomic E-state index is -0.157. The molecule has 0 radical (unpaired) electrons. The Balaban J connectivity index is 1.83. The highest BCUT2D eigenvalue weighted by Crippen LogP contribution is 2.24. The summed E-state index contributed by atoms with van der Waals surface area (Å²) >= 11 is 0. The normalized spacial score (nSPS) is 10.7. The Bertz CT molecular complexity index is 743. The number of carbonyl (C=O) groups is 1. The average molecular weight is 371 g/mol. The average Bonchev–Trinajstić information content (AvgIpc) is 2.66. The van der Waals surface area contributed by atoms with Crippen LogP contribution in [-0.2, 0) is 16.1 Å². The maximum absolute atomic E-state index is 12.1. The molecule has 0 saturated heterocycles. The van der Waals surface area contributed by atoms with Crippen LogP contribution in [0.4, 0.5) is 0 Å². The highest BCUT2D eigenvalue weighted by Gasteiger charge is 2.08. The van der Waals surface area contributed by atoms with E-state index in [-0.39, 0.29) is 12.5 Å². The van der Waals surface area contributed by atoms with Gasteiger partial charge in [0.25, 0.3) is 5.91 Å². The third kappa shape index (κ3) is 6.94. The molecule has 5 nitrogen and oxygen atoms in total. The molecular weight excluding hydrogens is 342 g/mol. The summed E-state index contributed by atoms with van der Waals surface area (Å²) in [5.74, 6) is 1.77. The van der Waals surface area contributed by atoms with Gasteiger partial charge in [0.05, 0.1) is 6.61 Å². The molecule has 2 aromatic carbocycles. The predicted molar refractivity (Wildman–Crippen MR) is 106 cm³/mol. The molecule has 0 aromatic heterocycles. The zero-order valence-electron chi connectivity index (χ0n) is 16.6. The van der Waals surface area contributed by atoms with Gasteiger partial charge in [0, 0.05) is 13.7 Å². The SMILES string of the molecule is COCCOc1cccc(CNC(=O)COc2cc(C(C)C)ccc2C)c1. The fraction of sp³-hybridized carbons (Fsp3) is 0.409. The van der Waals surface area contributed by atoms with E-state index in [0.717, 1.165) is 22.6 Å².